The van der Waals surface area contributed by atoms with Gasteiger partial charge in [-0.2, -0.15) is 0 Å². The summed E-state index contributed by atoms with van der Waals surface area (Å²) in [5.74, 6) is 0.797. The predicted octanol–water partition coefficient (Wildman–Crippen LogP) is 2.05. The quantitative estimate of drug-likeness (QED) is 0.838. The van der Waals surface area contributed by atoms with Gasteiger partial charge in [0, 0.05) is 24.3 Å². The van der Waals surface area contributed by atoms with Crippen molar-refractivity contribution in [2.24, 2.45) is 5.92 Å². The largest absolute Gasteiger partial charge is 0.339 e. The van der Waals surface area contributed by atoms with E-state index in [9.17, 15) is 9.59 Å². The molecule has 1 saturated heterocycles. The summed E-state index contributed by atoms with van der Waals surface area (Å²) in [5, 5.41) is 2.79. The Morgan fingerprint density at radius 1 is 1.32 bits per heavy atom. The SMILES string of the molecule is CC1CCN(C(=O)c2ccc3c(c2)NC(=O)C3)CC1. The van der Waals surface area contributed by atoms with Crippen molar-refractivity contribution in [3.63, 3.8) is 0 Å². The summed E-state index contributed by atoms with van der Waals surface area (Å²) in [4.78, 5) is 25.6. The number of piperidine rings is 1. The Balaban J connectivity index is 1.77. The molecule has 1 N–H and O–H groups in total. The molecule has 0 saturated carbocycles. The molecule has 0 unspecified atom stereocenters. The molecule has 0 spiro atoms. The highest BCUT2D eigenvalue weighted by atomic mass is 16.2. The lowest BCUT2D eigenvalue weighted by Gasteiger charge is -2.30. The standard InChI is InChI=1S/C15H18N2O2/c1-10-4-6-17(7-5-10)15(19)12-3-2-11-9-14(18)16-13(11)8-12/h2-3,8,10H,4-7,9H2,1H3,(H,16,18). The fourth-order valence-corrected chi connectivity index (χ4v) is 2.74. The molecule has 19 heavy (non-hydrogen) atoms. The van der Waals surface area contributed by atoms with Crippen molar-refractivity contribution in [1.29, 1.82) is 0 Å². The van der Waals surface area contributed by atoms with Crippen LogP contribution in [0.25, 0.3) is 0 Å². The number of anilines is 1. The van der Waals surface area contributed by atoms with Crippen LogP contribution >= 0.6 is 0 Å². The normalized spacial score (nSPS) is 19.2. The van der Waals surface area contributed by atoms with Crippen LogP contribution in [-0.4, -0.2) is 29.8 Å². The van der Waals surface area contributed by atoms with Gasteiger partial charge in [-0.3, -0.25) is 9.59 Å². The predicted molar refractivity (Wildman–Crippen MR) is 73.1 cm³/mol. The first kappa shape index (κ1) is 12.2. The number of carbonyl (C=O) groups excluding carboxylic acids is 2. The molecule has 2 aliphatic rings. The Bertz CT molecular complexity index is 531. The molecule has 1 aromatic rings. The summed E-state index contributed by atoms with van der Waals surface area (Å²) < 4.78 is 0. The van der Waals surface area contributed by atoms with Crippen LogP contribution in [0.2, 0.25) is 0 Å². The summed E-state index contributed by atoms with van der Waals surface area (Å²) in [6.45, 7) is 3.90. The molecule has 1 aromatic carbocycles. The first-order chi connectivity index (χ1) is 9.13. The van der Waals surface area contributed by atoms with Gasteiger partial charge < -0.3 is 10.2 Å². The lowest BCUT2D eigenvalue weighted by atomic mass is 9.98. The molecule has 2 amide bonds. The number of nitrogens with one attached hydrogen (secondary N) is 1. The molecular weight excluding hydrogens is 240 g/mol. The number of carbonyl (C=O) groups is 2. The third-order valence-electron chi connectivity index (χ3n) is 4.05. The van der Waals surface area contributed by atoms with Gasteiger partial charge in [-0.05, 0) is 36.5 Å². The van der Waals surface area contributed by atoms with Gasteiger partial charge >= 0.3 is 0 Å². The van der Waals surface area contributed by atoms with Crippen LogP contribution in [0.15, 0.2) is 18.2 Å². The zero-order valence-corrected chi connectivity index (χ0v) is 11.1. The third kappa shape index (κ3) is 2.35. The summed E-state index contributed by atoms with van der Waals surface area (Å²) in [6.07, 6.45) is 2.58. The number of fused-ring (bicyclic) bond motifs is 1. The maximum absolute atomic E-state index is 12.4. The number of hydrogen-bond donors (Lipinski definition) is 1. The molecule has 2 heterocycles. The summed E-state index contributed by atoms with van der Waals surface area (Å²) >= 11 is 0. The summed E-state index contributed by atoms with van der Waals surface area (Å²) in [6, 6.07) is 5.52. The molecule has 4 nitrogen and oxygen atoms in total. The number of likely N-dealkylation sites (tertiary alicyclic amines) is 1. The second kappa shape index (κ2) is 4.68. The maximum atomic E-state index is 12.4. The van der Waals surface area contributed by atoms with Gasteiger partial charge in [-0.15, -0.1) is 0 Å². The van der Waals surface area contributed by atoms with Crippen LogP contribution in [0.1, 0.15) is 35.7 Å². The van der Waals surface area contributed by atoms with E-state index < -0.39 is 0 Å². The molecule has 0 aromatic heterocycles. The average molecular weight is 258 g/mol. The van der Waals surface area contributed by atoms with Crippen LogP contribution in [0, 0.1) is 5.92 Å². The van der Waals surface area contributed by atoms with Crippen molar-refractivity contribution in [3.8, 4) is 0 Å². The van der Waals surface area contributed by atoms with Crippen LogP contribution in [0.3, 0.4) is 0 Å². The van der Waals surface area contributed by atoms with E-state index in [1.165, 1.54) is 0 Å². The maximum Gasteiger partial charge on any atom is 0.253 e. The molecule has 0 bridgehead atoms. The van der Waals surface area contributed by atoms with Gasteiger partial charge in [0.05, 0.1) is 6.42 Å². The van der Waals surface area contributed by atoms with E-state index in [1.807, 2.05) is 17.0 Å². The smallest absolute Gasteiger partial charge is 0.253 e. The molecule has 4 heteroatoms. The molecule has 1 fully saturated rings. The first-order valence-electron chi connectivity index (χ1n) is 6.85. The highest BCUT2D eigenvalue weighted by Gasteiger charge is 2.24. The Labute approximate surface area is 112 Å². The lowest BCUT2D eigenvalue weighted by molar-refractivity contribution is -0.115. The van der Waals surface area contributed by atoms with Crippen LogP contribution < -0.4 is 5.32 Å². The number of hydrogen-bond acceptors (Lipinski definition) is 2. The van der Waals surface area contributed by atoms with Gasteiger partial charge in [0.1, 0.15) is 0 Å². The molecule has 0 atom stereocenters. The Hall–Kier alpha value is -1.84. The summed E-state index contributed by atoms with van der Waals surface area (Å²) in [7, 11) is 0. The van der Waals surface area contributed by atoms with Crippen molar-refractivity contribution in [3.05, 3.63) is 29.3 Å². The van der Waals surface area contributed by atoms with E-state index >= 15 is 0 Å². The molecule has 100 valence electrons. The second-order valence-electron chi connectivity index (χ2n) is 5.57. The van der Waals surface area contributed by atoms with Gasteiger partial charge in [-0.1, -0.05) is 13.0 Å². The highest BCUT2D eigenvalue weighted by molar-refractivity contribution is 6.02. The fourth-order valence-electron chi connectivity index (χ4n) is 2.74. The third-order valence-corrected chi connectivity index (χ3v) is 4.05. The van der Waals surface area contributed by atoms with Gasteiger partial charge in [0.2, 0.25) is 5.91 Å². The summed E-state index contributed by atoms with van der Waals surface area (Å²) in [5.41, 5.74) is 2.45. The van der Waals surface area contributed by atoms with Gasteiger partial charge in [-0.25, -0.2) is 0 Å². The van der Waals surface area contributed by atoms with E-state index in [2.05, 4.69) is 12.2 Å². The van der Waals surface area contributed by atoms with Gasteiger partial charge in [0.15, 0.2) is 0 Å². The van der Waals surface area contributed by atoms with E-state index in [4.69, 9.17) is 0 Å². The number of rotatable bonds is 1. The second-order valence-corrected chi connectivity index (χ2v) is 5.57. The Kier molecular flexibility index (Phi) is 3.01. The van der Waals surface area contributed by atoms with E-state index in [0.717, 1.165) is 37.2 Å². The minimum atomic E-state index is 0.00592. The van der Waals surface area contributed by atoms with E-state index in [1.54, 1.807) is 6.07 Å². The van der Waals surface area contributed by atoms with Crippen LogP contribution in [-0.2, 0) is 11.2 Å². The number of benzene rings is 1. The molecule has 0 aliphatic carbocycles. The zero-order chi connectivity index (χ0) is 13.4. The Morgan fingerprint density at radius 2 is 2.05 bits per heavy atom. The molecule has 0 radical (unpaired) electrons. The minimum Gasteiger partial charge on any atom is -0.339 e. The van der Waals surface area contributed by atoms with Crippen molar-refractivity contribution >= 4 is 17.5 Å². The van der Waals surface area contributed by atoms with E-state index in [-0.39, 0.29) is 11.8 Å². The molecular formula is C15H18N2O2. The molecule has 3 rings (SSSR count). The minimum absolute atomic E-state index is 0.00592. The average Bonchev–Trinajstić information content (AvgIpc) is 2.77. The van der Waals surface area contributed by atoms with Crippen LogP contribution in [0.5, 0.6) is 0 Å². The van der Waals surface area contributed by atoms with Crippen molar-refractivity contribution < 1.29 is 9.59 Å². The van der Waals surface area contributed by atoms with Crippen molar-refractivity contribution in [2.75, 3.05) is 18.4 Å². The molecule has 2 aliphatic heterocycles. The fraction of sp³-hybridized carbons (Fsp3) is 0.467. The first-order valence-corrected chi connectivity index (χ1v) is 6.85. The van der Waals surface area contributed by atoms with Crippen molar-refractivity contribution in [1.82, 2.24) is 4.90 Å². The number of amides is 2. The lowest BCUT2D eigenvalue weighted by Crippen LogP contribution is -2.37. The van der Waals surface area contributed by atoms with E-state index in [0.29, 0.717) is 17.9 Å². The highest BCUT2D eigenvalue weighted by Crippen LogP contribution is 2.25. The topological polar surface area (TPSA) is 49.4 Å². The van der Waals surface area contributed by atoms with Crippen molar-refractivity contribution in [2.45, 2.75) is 26.2 Å². The van der Waals surface area contributed by atoms with Gasteiger partial charge in [0.25, 0.3) is 5.91 Å². The Morgan fingerprint density at radius 3 is 2.79 bits per heavy atom. The zero-order valence-electron chi connectivity index (χ0n) is 11.1. The monoisotopic (exact) mass is 258 g/mol. The van der Waals surface area contributed by atoms with Crippen LogP contribution in [0.4, 0.5) is 5.69 Å². The number of nitrogens with zero attached hydrogens (tertiary/aromatic N) is 1.